The van der Waals surface area contributed by atoms with E-state index >= 15 is 0 Å². The second kappa shape index (κ2) is 7.32. The van der Waals surface area contributed by atoms with E-state index in [0.717, 1.165) is 22.6 Å². The van der Waals surface area contributed by atoms with Crippen molar-refractivity contribution in [2.75, 3.05) is 0 Å². The van der Waals surface area contributed by atoms with E-state index in [1.807, 2.05) is 10.6 Å². The fourth-order valence-electron chi connectivity index (χ4n) is 4.54. The summed E-state index contributed by atoms with van der Waals surface area (Å²) >= 11 is 0. The first kappa shape index (κ1) is 16.9. The lowest BCUT2D eigenvalue weighted by molar-refractivity contribution is 0.608. The van der Waals surface area contributed by atoms with Crippen LogP contribution in [0.5, 0.6) is 0 Å². The van der Waals surface area contributed by atoms with Crippen molar-refractivity contribution in [1.82, 2.24) is 0 Å². The van der Waals surface area contributed by atoms with Gasteiger partial charge in [-0.1, -0.05) is 67.8 Å². The van der Waals surface area contributed by atoms with Gasteiger partial charge in [-0.25, -0.2) is 0 Å². The predicted octanol–water partition coefficient (Wildman–Crippen LogP) is 5.82. The van der Waals surface area contributed by atoms with Crippen LogP contribution in [0.1, 0.15) is 66.2 Å². The Hall–Kier alpha value is 0.0800. The minimum absolute atomic E-state index is 0.123. The highest BCUT2D eigenvalue weighted by atomic mass is 31.1. The summed E-state index contributed by atoms with van der Waals surface area (Å²) in [5.41, 5.74) is 4.05. The van der Waals surface area contributed by atoms with Gasteiger partial charge in [0.15, 0.2) is 0 Å². The van der Waals surface area contributed by atoms with Crippen molar-refractivity contribution in [1.29, 1.82) is 0 Å². The molecule has 3 rings (SSSR count). The Labute approximate surface area is 140 Å². The molecule has 0 aromatic heterocycles. The first-order valence-electron chi connectivity index (χ1n) is 9.40. The molecule has 0 saturated carbocycles. The summed E-state index contributed by atoms with van der Waals surface area (Å²) in [7, 11) is 0.246. The normalized spacial score (nSPS) is 32.5. The lowest BCUT2D eigenvalue weighted by atomic mass is 10.1. The summed E-state index contributed by atoms with van der Waals surface area (Å²) in [6, 6.07) is 9.67. The third-order valence-electron chi connectivity index (χ3n) is 5.98. The molecule has 0 spiro atoms. The van der Waals surface area contributed by atoms with Crippen molar-refractivity contribution in [3.05, 3.63) is 24.3 Å². The highest BCUT2D eigenvalue weighted by molar-refractivity contribution is 7.74. The van der Waals surface area contributed by atoms with Crippen LogP contribution in [0.2, 0.25) is 0 Å². The lowest BCUT2D eigenvalue weighted by Crippen LogP contribution is -2.43. The van der Waals surface area contributed by atoms with E-state index in [4.69, 9.17) is 0 Å². The quantitative estimate of drug-likeness (QED) is 0.575. The topological polar surface area (TPSA) is 0 Å². The average Bonchev–Trinajstić information content (AvgIpc) is 2.49. The maximum atomic E-state index is 2.52. The summed E-state index contributed by atoms with van der Waals surface area (Å²) < 4.78 is 0. The summed E-state index contributed by atoms with van der Waals surface area (Å²) in [5, 5.41) is 3.65. The third-order valence-corrected chi connectivity index (χ3v) is 13.5. The van der Waals surface area contributed by atoms with E-state index in [2.05, 4.69) is 52.0 Å². The molecule has 2 heterocycles. The van der Waals surface area contributed by atoms with E-state index < -0.39 is 0 Å². The molecule has 22 heavy (non-hydrogen) atoms. The standard InChI is InChI=1S/C20H32P2/c1-5-15-13-16(6-2)21(15)19-11-9-10-12-20(19)22-17(7-3)14-18(22)8-4/h9-12,15-18H,5-8,13-14H2,1-4H3/t15-,16-,17-,18-/m1/s1. The first-order chi connectivity index (χ1) is 10.7. The van der Waals surface area contributed by atoms with Crippen LogP contribution in [0, 0.1) is 0 Å². The smallest absolute Gasteiger partial charge is 0.0158 e. The molecule has 0 unspecified atom stereocenters. The molecule has 2 aliphatic rings. The monoisotopic (exact) mass is 334 g/mol. The Balaban J connectivity index is 1.93. The Morgan fingerprint density at radius 3 is 1.27 bits per heavy atom. The SMILES string of the molecule is CC[C@@H]1C[C@@H](CC)P1c1ccccc1P1[C@H](CC)C[C@H]1CC. The maximum absolute atomic E-state index is 2.52. The van der Waals surface area contributed by atoms with Crippen LogP contribution in [0.3, 0.4) is 0 Å². The highest BCUT2D eigenvalue weighted by Crippen LogP contribution is 2.65. The second-order valence-electron chi connectivity index (χ2n) is 7.02. The summed E-state index contributed by atoms with van der Waals surface area (Å²) in [6.07, 6.45) is 8.57. The first-order valence-corrected chi connectivity index (χ1v) is 12.4. The van der Waals surface area contributed by atoms with Gasteiger partial charge in [0.1, 0.15) is 0 Å². The zero-order chi connectivity index (χ0) is 15.7. The van der Waals surface area contributed by atoms with Crippen LogP contribution in [0.25, 0.3) is 0 Å². The van der Waals surface area contributed by atoms with Gasteiger partial charge in [-0.15, -0.1) is 0 Å². The average molecular weight is 334 g/mol. The number of hydrogen-bond donors (Lipinski definition) is 0. The Morgan fingerprint density at radius 1 is 0.682 bits per heavy atom. The fourth-order valence-corrected chi connectivity index (χ4v) is 11.9. The molecule has 4 atom stereocenters. The van der Waals surface area contributed by atoms with E-state index in [9.17, 15) is 0 Å². The van der Waals surface area contributed by atoms with E-state index in [-0.39, 0.29) is 15.8 Å². The number of hydrogen-bond acceptors (Lipinski definition) is 0. The molecule has 1 aromatic rings. The van der Waals surface area contributed by atoms with E-state index in [1.54, 1.807) is 0 Å². The lowest BCUT2D eigenvalue weighted by Gasteiger charge is -2.50. The van der Waals surface area contributed by atoms with Gasteiger partial charge in [-0.2, -0.15) is 0 Å². The number of benzene rings is 1. The second-order valence-corrected chi connectivity index (χ2v) is 12.5. The van der Waals surface area contributed by atoms with Gasteiger partial charge in [0, 0.05) is 0 Å². The molecular formula is C20H32P2. The van der Waals surface area contributed by atoms with Gasteiger partial charge in [-0.3, -0.25) is 0 Å². The third kappa shape index (κ3) is 2.80. The van der Waals surface area contributed by atoms with Crippen LogP contribution in [0.4, 0.5) is 0 Å². The van der Waals surface area contributed by atoms with E-state index in [0.29, 0.717) is 0 Å². The molecule has 0 N–H and O–H groups in total. The molecule has 1 aromatic carbocycles. The van der Waals surface area contributed by atoms with Gasteiger partial charge >= 0.3 is 0 Å². The van der Waals surface area contributed by atoms with Crippen LogP contribution >= 0.6 is 15.8 Å². The molecular weight excluding hydrogens is 302 g/mol. The van der Waals surface area contributed by atoms with Crippen LogP contribution < -0.4 is 10.6 Å². The molecule has 0 aliphatic carbocycles. The molecule has 2 aliphatic heterocycles. The molecule has 0 nitrogen and oxygen atoms in total. The van der Waals surface area contributed by atoms with Gasteiger partial charge in [0.2, 0.25) is 0 Å². The number of rotatable bonds is 6. The van der Waals surface area contributed by atoms with Crippen LogP contribution in [0.15, 0.2) is 24.3 Å². The van der Waals surface area contributed by atoms with Gasteiger partial charge in [0.05, 0.1) is 0 Å². The molecule has 122 valence electrons. The minimum Gasteiger partial charge on any atom is -0.0682 e. The largest absolute Gasteiger partial charge is 0.0682 e. The zero-order valence-electron chi connectivity index (χ0n) is 14.8. The summed E-state index contributed by atoms with van der Waals surface area (Å²) in [6.45, 7) is 9.64. The molecule has 0 bridgehead atoms. The highest BCUT2D eigenvalue weighted by Gasteiger charge is 2.44. The van der Waals surface area contributed by atoms with Gasteiger partial charge < -0.3 is 0 Å². The predicted molar refractivity (Wildman–Crippen MR) is 105 cm³/mol. The van der Waals surface area contributed by atoms with Crippen molar-refractivity contribution in [3.63, 3.8) is 0 Å². The zero-order valence-corrected chi connectivity index (χ0v) is 16.5. The van der Waals surface area contributed by atoms with Crippen molar-refractivity contribution in [3.8, 4) is 0 Å². The van der Waals surface area contributed by atoms with Crippen molar-refractivity contribution >= 4 is 26.5 Å². The van der Waals surface area contributed by atoms with Crippen LogP contribution in [-0.4, -0.2) is 22.6 Å². The fraction of sp³-hybridized carbons (Fsp3) is 0.700. The molecule has 2 saturated heterocycles. The Bertz CT molecular complexity index is 433. The molecule has 2 fully saturated rings. The molecule has 0 amide bonds. The molecule has 2 heteroatoms. The molecule has 0 radical (unpaired) electrons. The van der Waals surface area contributed by atoms with Crippen molar-refractivity contribution < 1.29 is 0 Å². The van der Waals surface area contributed by atoms with Crippen molar-refractivity contribution in [2.24, 2.45) is 0 Å². The van der Waals surface area contributed by atoms with E-state index in [1.165, 1.54) is 38.5 Å². The van der Waals surface area contributed by atoms with Gasteiger partial charge in [-0.05, 0) is 71.8 Å². The maximum Gasteiger partial charge on any atom is -0.0158 e. The van der Waals surface area contributed by atoms with Gasteiger partial charge in [0.25, 0.3) is 0 Å². The van der Waals surface area contributed by atoms with Crippen LogP contribution in [-0.2, 0) is 0 Å². The van der Waals surface area contributed by atoms with Crippen molar-refractivity contribution in [2.45, 2.75) is 88.9 Å². The summed E-state index contributed by atoms with van der Waals surface area (Å²) in [5.74, 6) is 0. The minimum atomic E-state index is 0.123. The Morgan fingerprint density at radius 2 is 1.00 bits per heavy atom. The summed E-state index contributed by atoms with van der Waals surface area (Å²) in [4.78, 5) is 0. The Kier molecular flexibility index (Phi) is 5.63.